The fourth-order valence-corrected chi connectivity index (χ4v) is 2.49. The van der Waals surface area contributed by atoms with Gasteiger partial charge in [0.25, 0.3) is 5.69 Å². The van der Waals surface area contributed by atoms with E-state index in [1.54, 1.807) is 6.92 Å². The van der Waals surface area contributed by atoms with Gasteiger partial charge in [0.1, 0.15) is 17.3 Å². The zero-order chi connectivity index (χ0) is 20.0. The molecule has 0 aliphatic rings. The van der Waals surface area contributed by atoms with Gasteiger partial charge in [0.05, 0.1) is 10.6 Å². The van der Waals surface area contributed by atoms with Gasteiger partial charge in [-0.2, -0.15) is 0 Å². The number of nitro benzene ring substituents is 1. The molecule has 2 aromatic rings. The first-order valence-corrected chi connectivity index (χ1v) is 8.64. The smallest absolute Gasteiger partial charge is 0.319 e. The Balaban J connectivity index is 2.08. The number of aryl methyl sites for hydroxylation is 1. The summed E-state index contributed by atoms with van der Waals surface area (Å²) in [5.74, 6) is -0.0469. The molecule has 0 heterocycles. The van der Waals surface area contributed by atoms with Crippen molar-refractivity contribution in [2.45, 2.75) is 39.7 Å². The van der Waals surface area contributed by atoms with Crippen LogP contribution in [0.25, 0.3) is 0 Å². The van der Waals surface area contributed by atoms with E-state index < -0.39 is 16.8 Å². The summed E-state index contributed by atoms with van der Waals surface area (Å²) in [7, 11) is 0. The summed E-state index contributed by atoms with van der Waals surface area (Å²) in [6.45, 7) is 5.58. The molecule has 0 bridgehead atoms. The second-order valence-electron chi connectivity index (χ2n) is 6.06. The lowest BCUT2D eigenvalue weighted by Crippen LogP contribution is -2.37. The molecule has 0 fully saturated rings. The standard InChI is InChI=1S/C19H22FN3O4/c1-4-13(5-2)21-19(24)22-17-8-7-15(11-16(17)20)27-18-9-6-14(23(25)26)10-12(18)3/h6-11,13H,4-5H2,1-3H3,(H2,21,22,24). The number of ether oxygens (including phenoxy) is 1. The number of hydrogen-bond donors (Lipinski definition) is 2. The van der Waals surface area contributed by atoms with Crippen LogP contribution in [-0.4, -0.2) is 17.0 Å². The minimum Gasteiger partial charge on any atom is -0.457 e. The van der Waals surface area contributed by atoms with Crippen molar-refractivity contribution in [1.82, 2.24) is 5.32 Å². The van der Waals surface area contributed by atoms with Gasteiger partial charge in [0, 0.05) is 24.2 Å². The van der Waals surface area contributed by atoms with Gasteiger partial charge in [-0.15, -0.1) is 0 Å². The van der Waals surface area contributed by atoms with Crippen molar-refractivity contribution in [3.63, 3.8) is 0 Å². The third kappa shape index (κ3) is 5.40. The molecular weight excluding hydrogens is 353 g/mol. The van der Waals surface area contributed by atoms with E-state index in [9.17, 15) is 19.3 Å². The minimum atomic E-state index is -0.647. The van der Waals surface area contributed by atoms with E-state index >= 15 is 0 Å². The zero-order valence-electron chi connectivity index (χ0n) is 15.4. The maximum absolute atomic E-state index is 14.3. The Hall–Kier alpha value is -3.16. The monoisotopic (exact) mass is 375 g/mol. The molecule has 0 atom stereocenters. The summed E-state index contributed by atoms with van der Waals surface area (Å²) in [6, 6.07) is 7.77. The molecule has 0 aromatic heterocycles. The molecule has 0 radical (unpaired) electrons. The van der Waals surface area contributed by atoms with Gasteiger partial charge in [0.15, 0.2) is 0 Å². The van der Waals surface area contributed by atoms with Gasteiger partial charge in [-0.3, -0.25) is 10.1 Å². The van der Waals surface area contributed by atoms with E-state index in [-0.39, 0.29) is 23.2 Å². The Kier molecular flexibility index (Phi) is 6.70. The first kappa shape index (κ1) is 20.2. The van der Waals surface area contributed by atoms with E-state index in [0.29, 0.717) is 11.3 Å². The minimum absolute atomic E-state index is 0.0285. The van der Waals surface area contributed by atoms with E-state index in [2.05, 4.69) is 10.6 Å². The number of carbonyl (C=O) groups is 1. The topological polar surface area (TPSA) is 93.5 Å². The molecule has 7 nitrogen and oxygen atoms in total. The van der Waals surface area contributed by atoms with Gasteiger partial charge in [-0.25, -0.2) is 9.18 Å². The second kappa shape index (κ2) is 8.98. The van der Waals surface area contributed by atoms with Crippen LogP contribution < -0.4 is 15.4 Å². The number of hydrogen-bond acceptors (Lipinski definition) is 4. The van der Waals surface area contributed by atoms with Crippen LogP contribution in [0, 0.1) is 22.9 Å². The molecular formula is C19H22FN3O4. The Labute approximate surface area is 156 Å². The van der Waals surface area contributed by atoms with E-state index in [0.717, 1.165) is 18.9 Å². The fraction of sp³-hybridized carbons (Fsp3) is 0.316. The lowest BCUT2D eigenvalue weighted by molar-refractivity contribution is -0.384. The Morgan fingerprint density at radius 1 is 1.22 bits per heavy atom. The Morgan fingerprint density at radius 3 is 2.48 bits per heavy atom. The molecule has 27 heavy (non-hydrogen) atoms. The summed E-state index contributed by atoms with van der Waals surface area (Å²) < 4.78 is 19.9. The van der Waals surface area contributed by atoms with Crippen molar-refractivity contribution in [3.05, 3.63) is 57.9 Å². The number of amides is 2. The van der Waals surface area contributed by atoms with Crippen LogP contribution in [0.4, 0.5) is 20.6 Å². The van der Waals surface area contributed by atoms with Crippen molar-refractivity contribution in [1.29, 1.82) is 0 Å². The van der Waals surface area contributed by atoms with Crippen molar-refractivity contribution >= 4 is 17.4 Å². The molecule has 8 heteroatoms. The van der Waals surface area contributed by atoms with Crippen LogP contribution in [0.15, 0.2) is 36.4 Å². The number of rotatable bonds is 7. The van der Waals surface area contributed by atoms with Crippen LogP contribution in [0.5, 0.6) is 11.5 Å². The first-order valence-electron chi connectivity index (χ1n) is 8.64. The highest BCUT2D eigenvalue weighted by Crippen LogP contribution is 2.30. The number of benzene rings is 2. The number of nitrogens with zero attached hydrogens (tertiary/aromatic N) is 1. The highest BCUT2D eigenvalue weighted by atomic mass is 19.1. The largest absolute Gasteiger partial charge is 0.457 e. The number of nitrogens with one attached hydrogen (secondary N) is 2. The molecule has 144 valence electrons. The van der Waals surface area contributed by atoms with Gasteiger partial charge in [-0.05, 0) is 43.5 Å². The van der Waals surface area contributed by atoms with Crippen LogP contribution in [0.1, 0.15) is 32.3 Å². The summed E-state index contributed by atoms with van der Waals surface area (Å²) in [5, 5.41) is 16.0. The van der Waals surface area contributed by atoms with Gasteiger partial charge in [0.2, 0.25) is 0 Å². The zero-order valence-corrected chi connectivity index (χ0v) is 15.4. The third-order valence-electron chi connectivity index (χ3n) is 4.11. The number of nitro groups is 1. The average Bonchev–Trinajstić information content (AvgIpc) is 2.63. The van der Waals surface area contributed by atoms with Crippen LogP contribution >= 0.6 is 0 Å². The number of anilines is 1. The predicted molar refractivity (Wildman–Crippen MR) is 101 cm³/mol. The molecule has 0 spiro atoms. The Morgan fingerprint density at radius 2 is 1.93 bits per heavy atom. The van der Waals surface area contributed by atoms with Gasteiger partial charge in [-0.1, -0.05) is 13.8 Å². The van der Waals surface area contributed by atoms with Crippen LogP contribution in [-0.2, 0) is 0 Å². The van der Waals surface area contributed by atoms with Crippen LogP contribution in [0.3, 0.4) is 0 Å². The van der Waals surface area contributed by atoms with E-state index in [1.807, 2.05) is 13.8 Å². The summed E-state index contributed by atoms with van der Waals surface area (Å²) in [6.07, 6.45) is 1.57. The molecule has 0 aliphatic carbocycles. The SMILES string of the molecule is CCC(CC)NC(=O)Nc1ccc(Oc2ccc([N+](=O)[O-])cc2C)cc1F. The molecule has 0 unspecified atom stereocenters. The number of carbonyl (C=O) groups excluding carboxylic acids is 1. The average molecular weight is 375 g/mol. The number of halogens is 1. The highest BCUT2D eigenvalue weighted by molar-refractivity contribution is 5.89. The normalized spacial score (nSPS) is 10.6. The maximum Gasteiger partial charge on any atom is 0.319 e. The highest BCUT2D eigenvalue weighted by Gasteiger charge is 2.13. The summed E-state index contributed by atoms with van der Waals surface area (Å²) in [5.41, 5.74) is 0.539. The van der Waals surface area contributed by atoms with Crippen LogP contribution in [0.2, 0.25) is 0 Å². The molecule has 2 aromatic carbocycles. The third-order valence-corrected chi connectivity index (χ3v) is 4.11. The number of non-ortho nitro benzene ring substituents is 1. The Bertz CT molecular complexity index is 838. The fourth-order valence-electron chi connectivity index (χ4n) is 2.49. The quantitative estimate of drug-likeness (QED) is 0.517. The molecule has 0 saturated heterocycles. The molecule has 0 saturated carbocycles. The first-order chi connectivity index (χ1) is 12.8. The summed E-state index contributed by atoms with van der Waals surface area (Å²) in [4.78, 5) is 22.2. The van der Waals surface area contributed by atoms with Crippen molar-refractivity contribution in [2.24, 2.45) is 0 Å². The van der Waals surface area contributed by atoms with Crippen molar-refractivity contribution < 1.29 is 18.8 Å². The molecule has 2 N–H and O–H groups in total. The van der Waals surface area contributed by atoms with E-state index in [4.69, 9.17) is 4.74 Å². The lowest BCUT2D eigenvalue weighted by atomic mass is 10.2. The number of urea groups is 1. The molecule has 2 rings (SSSR count). The van der Waals surface area contributed by atoms with E-state index in [1.165, 1.54) is 30.3 Å². The second-order valence-corrected chi connectivity index (χ2v) is 6.06. The molecule has 0 aliphatic heterocycles. The van der Waals surface area contributed by atoms with Crippen molar-refractivity contribution in [2.75, 3.05) is 5.32 Å². The summed E-state index contributed by atoms with van der Waals surface area (Å²) >= 11 is 0. The van der Waals surface area contributed by atoms with Crippen molar-refractivity contribution in [3.8, 4) is 11.5 Å². The molecule has 2 amide bonds. The van der Waals surface area contributed by atoms with Gasteiger partial charge < -0.3 is 15.4 Å². The lowest BCUT2D eigenvalue weighted by Gasteiger charge is -2.16. The van der Waals surface area contributed by atoms with Gasteiger partial charge >= 0.3 is 6.03 Å². The maximum atomic E-state index is 14.3. The predicted octanol–water partition coefficient (Wildman–Crippen LogP) is 5.14.